The normalized spacial score (nSPS) is 11.2. The van der Waals surface area contributed by atoms with E-state index in [0.717, 1.165) is 22.4 Å². The highest BCUT2D eigenvalue weighted by molar-refractivity contribution is 6.03. The van der Waals surface area contributed by atoms with Crippen LogP contribution in [-0.2, 0) is 0 Å². The lowest BCUT2D eigenvalue weighted by Crippen LogP contribution is -2.00. The van der Waals surface area contributed by atoms with E-state index in [1.807, 2.05) is 60.1 Å². The van der Waals surface area contributed by atoms with Crippen LogP contribution in [0.5, 0.6) is 5.75 Å². The molecule has 0 atom stereocenters. The minimum atomic E-state index is -0.918. The van der Waals surface area contributed by atoms with Gasteiger partial charge >= 0.3 is 5.97 Å². The molecular formula is C20H21NO3. The summed E-state index contributed by atoms with van der Waals surface area (Å²) in [5, 5.41) is 9.69. The van der Waals surface area contributed by atoms with Gasteiger partial charge in [0, 0.05) is 18.0 Å². The number of hydrogen-bond donors (Lipinski definition) is 1. The van der Waals surface area contributed by atoms with Crippen molar-refractivity contribution in [2.24, 2.45) is 0 Å². The molecule has 0 aliphatic carbocycles. The van der Waals surface area contributed by atoms with Crippen LogP contribution in [0.4, 0.5) is 0 Å². The molecule has 0 unspecified atom stereocenters. The summed E-state index contributed by atoms with van der Waals surface area (Å²) in [6, 6.07) is 11.5. The lowest BCUT2D eigenvalue weighted by atomic mass is 9.95. The second-order valence-electron chi connectivity index (χ2n) is 6.06. The van der Waals surface area contributed by atoms with Gasteiger partial charge in [-0.15, -0.1) is 0 Å². The molecule has 2 heterocycles. The molecule has 0 amide bonds. The first-order chi connectivity index (χ1) is 11.5. The molecule has 0 saturated heterocycles. The van der Waals surface area contributed by atoms with Gasteiger partial charge in [0.2, 0.25) is 0 Å². The van der Waals surface area contributed by atoms with E-state index in [9.17, 15) is 9.90 Å². The third-order valence-electron chi connectivity index (χ3n) is 4.14. The van der Waals surface area contributed by atoms with E-state index in [1.165, 1.54) is 0 Å². The van der Waals surface area contributed by atoms with Gasteiger partial charge in [-0.1, -0.05) is 26.0 Å². The topological polar surface area (TPSA) is 50.9 Å². The summed E-state index contributed by atoms with van der Waals surface area (Å²) in [7, 11) is 0. The zero-order valence-electron chi connectivity index (χ0n) is 14.1. The second kappa shape index (κ2) is 6.40. The van der Waals surface area contributed by atoms with Gasteiger partial charge in [-0.25, -0.2) is 4.79 Å². The highest BCUT2D eigenvalue weighted by Crippen LogP contribution is 2.35. The smallest absolute Gasteiger partial charge is 0.338 e. The molecular weight excluding hydrogens is 302 g/mol. The SMILES string of the molecule is CCOc1ccc(-c2cn3ccccc3c2C(=O)O)cc1C(C)C. The number of carbonyl (C=O) groups is 1. The van der Waals surface area contributed by atoms with E-state index in [-0.39, 0.29) is 5.92 Å². The highest BCUT2D eigenvalue weighted by atomic mass is 16.5. The summed E-state index contributed by atoms with van der Waals surface area (Å²) in [5.41, 5.74) is 3.72. The van der Waals surface area contributed by atoms with Crippen molar-refractivity contribution >= 4 is 11.5 Å². The first-order valence-corrected chi connectivity index (χ1v) is 8.13. The fourth-order valence-corrected chi connectivity index (χ4v) is 3.02. The van der Waals surface area contributed by atoms with Crippen molar-refractivity contribution in [2.75, 3.05) is 6.61 Å². The van der Waals surface area contributed by atoms with E-state index in [2.05, 4.69) is 13.8 Å². The maximum Gasteiger partial charge on any atom is 0.338 e. The predicted octanol–water partition coefficient (Wildman–Crippen LogP) is 4.83. The summed E-state index contributed by atoms with van der Waals surface area (Å²) in [6.45, 7) is 6.78. The number of carboxylic acids is 1. The number of aromatic carboxylic acids is 1. The first-order valence-electron chi connectivity index (χ1n) is 8.13. The van der Waals surface area contributed by atoms with Crippen LogP contribution in [0.25, 0.3) is 16.6 Å². The van der Waals surface area contributed by atoms with Crippen molar-refractivity contribution in [2.45, 2.75) is 26.7 Å². The highest BCUT2D eigenvalue weighted by Gasteiger charge is 2.19. The second-order valence-corrected chi connectivity index (χ2v) is 6.06. The van der Waals surface area contributed by atoms with Gasteiger partial charge in [0.25, 0.3) is 0 Å². The summed E-state index contributed by atoms with van der Waals surface area (Å²) in [5.74, 6) is 0.229. The van der Waals surface area contributed by atoms with Crippen LogP contribution >= 0.6 is 0 Å². The number of hydrogen-bond acceptors (Lipinski definition) is 2. The van der Waals surface area contributed by atoms with Gasteiger partial charge in [0.15, 0.2) is 0 Å². The van der Waals surface area contributed by atoms with Gasteiger partial charge in [0.1, 0.15) is 5.75 Å². The molecule has 0 radical (unpaired) electrons. The Labute approximate surface area is 141 Å². The summed E-state index contributed by atoms with van der Waals surface area (Å²) in [4.78, 5) is 11.8. The zero-order chi connectivity index (χ0) is 17.3. The van der Waals surface area contributed by atoms with Crippen LogP contribution in [0, 0.1) is 0 Å². The molecule has 0 fully saturated rings. The molecule has 1 N–H and O–H groups in total. The summed E-state index contributed by atoms with van der Waals surface area (Å²) >= 11 is 0. The van der Waals surface area contributed by atoms with Crippen LogP contribution < -0.4 is 4.74 Å². The largest absolute Gasteiger partial charge is 0.494 e. The van der Waals surface area contributed by atoms with Crippen molar-refractivity contribution in [3.05, 3.63) is 59.9 Å². The van der Waals surface area contributed by atoms with E-state index >= 15 is 0 Å². The Morgan fingerprint density at radius 2 is 2.04 bits per heavy atom. The van der Waals surface area contributed by atoms with Gasteiger partial charge < -0.3 is 14.2 Å². The van der Waals surface area contributed by atoms with Crippen molar-refractivity contribution in [1.29, 1.82) is 0 Å². The molecule has 3 aromatic rings. The third-order valence-corrected chi connectivity index (χ3v) is 4.14. The van der Waals surface area contributed by atoms with E-state index in [1.54, 1.807) is 0 Å². The standard InChI is InChI=1S/C20H21NO3/c1-4-24-18-9-8-14(11-15(18)13(2)3)16-12-21-10-6-5-7-17(21)19(16)20(22)23/h5-13H,4H2,1-3H3,(H,22,23). The Hall–Kier alpha value is -2.75. The van der Waals surface area contributed by atoms with Crippen molar-refractivity contribution in [1.82, 2.24) is 4.40 Å². The molecule has 24 heavy (non-hydrogen) atoms. The van der Waals surface area contributed by atoms with Crippen molar-refractivity contribution in [3.63, 3.8) is 0 Å². The average Bonchev–Trinajstić information content (AvgIpc) is 2.95. The average molecular weight is 323 g/mol. The molecule has 0 saturated carbocycles. The van der Waals surface area contributed by atoms with Crippen LogP contribution in [0.15, 0.2) is 48.8 Å². The third kappa shape index (κ3) is 2.75. The number of carboxylic acid groups (broad SMARTS) is 1. The predicted molar refractivity (Wildman–Crippen MR) is 95.1 cm³/mol. The Kier molecular flexibility index (Phi) is 4.30. The number of aromatic nitrogens is 1. The molecule has 0 aliphatic heterocycles. The number of pyridine rings is 1. The quantitative estimate of drug-likeness (QED) is 0.732. The molecule has 1 aromatic carbocycles. The Morgan fingerprint density at radius 3 is 2.71 bits per heavy atom. The minimum Gasteiger partial charge on any atom is -0.494 e. The fourth-order valence-electron chi connectivity index (χ4n) is 3.02. The molecule has 0 aliphatic rings. The Bertz CT molecular complexity index is 893. The maximum atomic E-state index is 11.8. The van der Waals surface area contributed by atoms with E-state index in [0.29, 0.717) is 17.7 Å². The van der Waals surface area contributed by atoms with E-state index < -0.39 is 5.97 Å². The lowest BCUT2D eigenvalue weighted by molar-refractivity contribution is 0.0700. The van der Waals surface area contributed by atoms with Crippen LogP contribution in [-0.4, -0.2) is 22.1 Å². The molecule has 0 bridgehead atoms. The van der Waals surface area contributed by atoms with Crippen LogP contribution in [0.2, 0.25) is 0 Å². The molecule has 4 heteroatoms. The maximum absolute atomic E-state index is 11.8. The number of nitrogens with zero attached hydrogens (tertiary/aromatic N) is 1. The molecule has 2 aromatic heterocycles. The fraction of sp³-hybridized carbons (Fsp3) is 0.250. The van der Waals surface area contributed by atoms with E-state index in [4.69, 9.17) is 4.74 Å². The summed E-state index contributed by atoms with van der Waals surface area (Å²) in [6.07, 6.45) is 3.74. The van der Waals surface area contributed by atoms with Crippen LogP contribution in [0.1, 0.15) is 42.6 Å². The number of ether oxygens (including phenoxy) is 1. The minimum absolute atomic E-state index is 0.289. The number of benzene rings is 1. The molecule has 3 rings (SSSR count). The monoisotopic (exact) mass is 323 g/mol. The van der Waals surface area contributed by atoms with Crippen molar-refractivity contribution in [3.8, 4) is 16.9 Å². The molecule has 0 spiro atoms. The Morgan fingerprint density at radius 1 is 1.25 bits per heavy atom. The zero-order valence-corrected chi connectivity index (χ0v) is 14.1. The summed E-state index contributed by atoms with van der Waals surface area (Å²) < 4.78 is 7.56. The lowest BCUT2D eigenvalue weighted by Gasteiger charge is -2.15. The number of rotatable bonds is 5. The molecule has 4 nitrogen and oxygen atoms in total. The molecule has 124 valence electrons. The van der Waals surface area contributed by atoms with Gasteiger partial charge in [-0.3, -0.25) is 0 Å². The number of fused-ring (bicyclic) bond motifs is 1. The van der Waals surface area contributed by atoms with Gasteiger partial charge in [-0.05, 0) is 48.2 Å². The first kappa shape index (κ1) is 16.1. The van der Waals surface area contributed by atoms with Crippen LogP contribution in [0.3, 0.4) is 0 Å². The van der Waals surface area contributed by atoms with Gasteiger partial charge in [0.05, 0.1) is 17.7 Å². The van der Waals surface area contributed by atoms with Crippen molar-refractivity contribution < 1.29 is 14.6 Å². The van der Waals surface area contributed by atoms with Gasteiger partial charge in [-0.2, -0.15) is 0 Å². The Balaban J connectivity index is 2.22.